The molecule has 0 aliphatic heterocycles. The number of nitrogens with one attached hydrogen (secondary N) is 1. The van der Waals surface area contributed by atoms with Gasteiger partial charge in [-0.05, 0) is 61.9 Å². The molecule has 0 heterocycles. The largest absolute Gasteiger partial charge is 0.508 e. The quantitative estimate of drug-likeness (QED) is 0.782. The molecule has 0 aliphatic carbocycles. The topological polar surface area (TPSA) is 103 Å². The second-order valence-electron chi connectivity index (χ2n) is 5.65. The summed E-state index contributed by atoms with van der Waals surface area (Å²) in [6, 6.07) is 12.9. The number of nitrogens with zero attached hydrogens (tertiary/aromatic N) is 1. The van der Waals surface area contributed by atoms with E-state index in [1.54, 1.807) is 25.1 Å². The average Bonchev–Trinajstić information content (AvgIpc) is 2.54. The van der Waals surface area contributed by atoms with Crippen LogP contribution >= 0.6 is 0 Å². The van der Waals surface area contributed by atoms with Crippen LogP contribution in [0.3, 0.4) is 0 Å². The highest BCUT2D eigenvalue weighted by Gasteiger charge is 2.31. The highest BCUT2D eigenvalue weighted by molar-refractivity contribution is 5.97. The summed E-state index contributed by atoms with van der Waals surface area (Å²) in [5, 5.41) is 31.0. The Kier molecular flexibility index (Phi) is 5.07. The molecule has 6 nitrogen and oxygen atoms in total. The first-order valence-corrected chi connectivity index (χ1v) is 7.28. The molecule has 0 bridgehead atoms. The SMILES string of the molecule is Cc1cc(NC(=O)C(C)(O)COc2ccc(O)cc2)ccc1C#N. The molecule has 2 rings (SSSR count). The van der Waals surface area contributed by atoms with Gasteiger partial charge in [-0.1, -0.05) is 0 Å². The van der Waals surface area contributed by atoms with Gasteiger partial charge in [-0.3, -0.25) is 4.79 Å². The van der Waals surface area contributed by atoms with E-state index in [0.717, 1.165) is 5.56 Å². The van der Waals surface area contributed by atoms with Crippen molar-refractivity contribution in [2.24, 2.45) is 0 Å². The molecule has 1 amide bonds. The summed E-state index contributed by atoms with van der Waals surface area (Å²) in [6.45, 7) is 2.86. The van der Waals surface area contributed by atoms with Crippen LogP contribution in [0.5, 0.6) is 11.5 Å². The zero-order valence-electron chi connectivity index (χ0n) is 13.4. The number of benzene rings is 2. The van der Waals surface area contributed by atoms with Crippen LogP contribution in [0.15, 0.2) is 42.5 Å². The number of amides is 1. The maximum absolute atomic E-state index is 12.2. The standard InChI is InChI=1S/C18H18N2O4/c1-12-9-14(4-3-13(12)10-19)20-17(22)18(2,23)11-24-16-7-5-15(21)6-8-16/h3-9,21,23H,11H2,1-2H3,(H,20,22). The fourth-order valence-electron chi connectivity index (χ4n) is 1.96. The molecule has 24 heavy (non-hydrogen) atoms. The van der Waals surface area contributed by atoms with Gasteiger partial charge in [0.25, 0.3) is 5.91 Å². The lowest BCUT2D eigenvalue weighted by Gasteiger charge is -2.22. The molecule has 2 aromatic rings. The molecule has 3 N–H and O–H groups in total. The van der Waals surface area contributed by atoms with Crippen LogP contribution in [0.2, 0.25) is 0 Å². The minimum atomic E-state index is -1.75. The van der Waals surface area contributed by atoms with Gasteiger partial charge in [-0.25, -0.2) is 0 Å². The van der Waals surface area contributed by atoms with E-state index >= 15 is 0 Å². The Morgan fingerprint density at radius 3 is 2.54 bits per heavy atom. The second-order valence-corrected chi connectivity index (χ2v) is 5.65. The monoisotopic (exact) mass is 326 g/mol. The Labute approximate surface area is 139 Å². The predicted molar refractivity (Wildman–Crippen MR) is 88.7 cm³/mol. The van der Waals surface area contributed by atoms with Gasteiger partial charge in [0.05, 0.1) is 11.6 Å². The van der Waals surface area contributed by atoms with E-state index in [-0.39, 0.29) is 12.4 Å². The van der Waals surface area contributed by atoms with Crippen molar-refractivity contribution in [1.82, 2.24) is 0 Å². The third-order valence-corrected chi connectivity index (χ3v) is 3.45. The number of rotatable bonds is 5. The Bertz CT molecular complexity index is 777. The fourth-order valence-corrected chi connectivity index (χ4v) is 1.96. The summed E-state index contributed by atoms with van der Waals surface area (Å²) in [7, 11) is 0. The van der Waals surface area contributed by atoms with Crippen LogP contribution in [0.1, 0.15) is 18.1 Å². The highest BCUT2D eigenvalue weighted by atomic mass is 16.5. The molecule has 6 heteroatoms. The number of hydrogen-bond acceptors (Lipinski definition) is 5. The molecule has 1 unspecified atom stereocenters. The lowest BCUT2D eigenvalue weighted by Crippen LogP contribution is -2.45. The molecule has 2 aromatic carbocycles. The van der Waals surface area contributed by atoms with E-state index in [0.29, 0.717) is 17.0 Å². The van der Waals surface area contributed by atoms with Gasteiger partial charge in [-0.2, -0.15) is 5.26 Å². The van der Waals surface area contributed by atoms with Gasteiger partial charge in [0.15, 0.2) is 5.60 Å². The van der Waals surface area contributed by atoms with Crippen molar-refractivity contribution in [2.45, 2.75) is 19.4 Å². The van der Waals surface area contributed by atoms with E-state index in [2.05, 4.69) is 5.32 Å². The average molecular weight is 326 g/mol. The third kappa shape index (κ3) is 4.24. The van der Waals surface area contributed by atoms with Crippen LogP contribution in [0.25, 0.3) is 0 Å². The Morgan fingerprint density at radius 2 is 1.96 bits per heavy atom. The number of nitriles is 1. The Balaban J connectivity index is 2.00. The van der Waals surface area contributed by atoms with E-state index in [1.807, 2.05) is 6.07 Å². The number of anilines is 1. The summed E-state index contributed by atoms with van der Waals surface area (Å²) in [5.74, 6) is -0.0940. The normalized spacial score (nSPS) is 12.8. The molecule has 124 valence electrons. The molecule has 0 spiro atoms. The molecular weight excluding hydrogens is 308 g/mol. The molecule has 0 saturated heterocycles. The molecule has 1 atom stereocenters. The van der Waals surface area contributed by atoms with Crippen molar-refractivity contribution in [3.05, 3.63) is 53.6 Å². The van der Waals surface area contributed by atoms with Gasteiger partial charge in [0.2, 0.25) is 0 Å². The Hall–Kier alpha value is -3.04. The van der Waals surface area contributed by atoms with Crippen molar-refractivity contribution in [3.8, 4) is 17.6 Å². The van der Waals surface area contributed by atoms with Gasteiger partial charge >= 0.3 is 0 Å². The molecule has 0 fully saturated rings. The number of phenols is 1. The molecule has 0 radical (unpaired) electrons. The number of aromatic hydroxyl groups is 1. The van der Waals surface area contributed by atoms with Crippen molar-refractivity contribution in [2.75, 3.05) is 11.9 Å². The molecule has 0 aliphatic rings. The summed E-state index contributed by atoms with van der Waals surface area (Å²) < 4.78 is 5.38. The van der Waals surface area contributed by atoms with Crippen LogP contribution < -0.4 is 10.1 Å². The molecule has 0 aromatic heterocycles. The Morgan fingerprint density at radius 1 is 1.29 bits per heavy atom. The molecule has 0 saturated carbocycles. The summed E-state index contributed by atoms with van der Waals surface area (Å²) in [5.41, 5.74) is -0.00761. The third-order valence-electron chi connectivity index (χ3n) is 3.45. The van der Waals surface area contributed by atoms with E-state index < -0.39 is 11.5 Å². The number of carbonyl (C=O) groups excluding carboxylic acids is 1. The van der Waals surface area contributed by atoms with Gasteiger partial charge in [-0.15, -0.1) is 0 Å². The number of phenolic OH excluding ortho intramolecular Hbond substituents is 1. The maximum atomic E-state index is 12.2. The fraction of sp³-hybridized carbons (Fsp3) is 0.222. The van der Waals surface area contributed by atoms with Gasteiger partial charge < -0.3 is 20.3 Å². The van der Waals surface area contributed by atoms with Crippen LogP contribution in [-0.4, -0.2) is 28.3 Å². The lowest BCUT2D eigenvalue weighted by atomic mass is 10.1. The number of ether oxygens (including phenoxy) is 1. The van der Waals surface area contributed by atoms with E-state index in [4.69, 9.17) is 10.00 Å². The van der Waals surface area contributed by atoms with Crippen molar-refractivity contribution in [3.63, 3.8) is 0 Å². The number of hydrogen-bond donors (Lipinski definition) is 3. The second kappa shape index (κ2) is 7.02. The minimum absolute atomic E-state index is 0.100. The first-order chi connectivity index (χ1) is 11.3. The summed E-state index contributed by atoms with van der Waals surface area (Å²) in [6.07, 6.45) is 0. The number of aliphatic hydroxyl groups is 1. The van der Waals surface area contributed by atoms with Crippen molar-refractivity contribution < 1.29 is 19.7 Å². The van der Waals surface area contributed by atoms with Crippen molar-refractivity contribution in [1.29, 1.82) is 5.26 Å². The van der Waals surface area contributed by atoms with Crippen LogP contribution in [-0.2, 0) is 4.79 Å². The zero-order valence-corrected chi connectivity index (χ0v) is 13.4. The number of carbonyl (C=O) groups is 1. The van der Waals surface area contributed by atoms with Crippen LogP contribution in [0.4, 0.5) is 5.69 Å². The van der Waals surface area contributed by atoms with Crippen LogP contribution in [0, 0.1) is 18.3 Å². The predicted octanol–water partition coefficient (Wildman–Crippen LogP) is 2.34. The first-order valence-electron chi connectivity index (χ1n) is 7.28. The summed E-state index contributed by atoms with van der Waals surface area (Å²) >= 11 is 0. The summed E-state index contributed by atoms with van der Waals surface area (Å²) in [4.78, 5) is 12.2. The maximum Gasteiger partial charge on any atom is 0.259 e. The van der Waals surface area contributed by atoms with Gasteiger partial charge in [0, 0.05) is 5.69 Å². The van der Waals surface area contributed by atoms with Gasteiger partial charge in [0.1, 0.15) is 18.1 Å². The lowest BCUT2D eigenvalue weighted by molar-refractivity contribution is -0.135. The zero-order chi connectivity index (χ0) is 17.7. The number of aryl methyl sites for hydroxylation is 1. The first kappa shape index (κ1) is 17.3. The minimum Gasteiger partial charge on any atom is -0.508 e. The smallest absolute Gasteiger partial charge is 0.259 e. The van der Waals surface area contributed by atoms with E-state index in [1.165, 1.54) is 31.2 Å². The molecular formula is C18H18N2O4. The van der Waals surface area contributed by atoms with E-state index in [9.17, 15) is 15.0 Å². The highest BCUT2D eigenvalue weighted by Crippen LogP contribution is 2.19. The van der Waals surface area contributed by atoms with Crippen molar-refractivity contribution >= 4 is 11.6 Å².